The van der Waals surface area contributed by atoms with Gasteiger partial charge in [-0.05, 0) is 12.8 Å². The van der Waals surface area contributed by atoms with Crippen LogP contribution in [0.4, 0.5) is 0 Å². The fourth-order valence-corrected chi connectivity index (χ4v) is 6.83. The zero-order chi connectivity index (χ0) is 34.6. The largest absolute Gasteiger partial charge is 0.393 e. The number of rotatable bonds is 40. The van der Waals surface area contributed by atoms with Crippen LogP contribution in [0.15, 0.2) is 0 Å². The molecule has 5 heteroatoms. The maximum absolute atomic E-state index is 10.8. The first-order valence-corrected chi connectivity index (χ1v) is 21.2. The van der Waals surface area contributed by atoms with Crippen molar-refractivity contribution in [1.29, 1.82) is 0 Å². The molecule has 0 spiro atoms. The van der Waals surface area contributed by atoms with E-state index in [4.69, 9.17) is 4.74 Å². The van der Waals surface area contributed by atoms with Gasteiger partial charge in [-0.25, -0.2) is 0 Å². The number of unbranched alkanes of at least 4 members (excludes halogenated alkanes) is 30. The van der Waals surface area contributed by atoms with Gasteiger partial charge in [-0.1, -0.05) is 219 Å². The van der Waals surface area contributed by atoms with Gasteiger partial charge >= 0.3 is 0 Å². The Morgan fingerprint density at radius 2 is 0.511 bits per heavy atom. The molecule has 0 radical (unpaired) electrons. The van der Waals surface area contributed by atoms with Crippen molar-refractivity contribution in [1.82, 2.24) is 0 Å². The van der Waals surface area contributed by atoms with Gasteiger partial charge in [0.1, 0.15) is 11.2 Å². The Morgan fingerprint density at radius 3 is 0.702 bits per heavy atom. The third-order valence-electron chi connectivity index (χ3n) is 10.3. The third kappa shape index (κ3) is 32.7. The highest BCUT2D eigenvalue weighted by molar-refractivity contribution is 4.81. The zero-order valence-corrected chi connectivity index (χ0v) is 32.1. The minimum atomic E-state index is -1.28. The highest BCUT2D eigenvalue weighted by atomic mass is 16.5. The van der Waals surface area contributed by atoms with Gasteiger partial charge in [-0.15, -0.1) is 0 Å². The van der Waals surface area contributed by atoms with Gasteiger partial charge in [0.2, 0.25) is 0 Å². The zero-order valence-electron chi connectivity index (χ0n) is 32.1. The lowest BCUT2D eigenvalue weighted by Crippen LogP contribution is -2.43. The topological polar surface area (TPSA) is 90.2 Å². The standard InChI is InChI=1S/C42H86O5/c1-3-5-7-9-11-13-15-17-19-21-23-25-27-29-31-33-35-41(45,37-43)39-47-40-42(46,38-44)36-34-32-30-28-26-24-22-20-18-16-14-12-10-8-6-4-2/h43-46H,3-40H2,1-2H3. The summed E-state index contributed by atoms with van der Waals surface area (Å²) in [5, 5.41) is 41.3. The van der Waals surface area contributed by atoms with Crippen molar-refractivity contribution in [2.24, 2.45) is 0 Å². The Bertz CT molecular complexity index is 552. The molecule has 0 rings (SSSR count). The van der Waals surface area contributed by atoms with E-state index in [1.54, 1.807) is 0 Å². The molecule has 0 heterocycles. The Hall–Kier alpha value is -0.200. The van der Waals surface area contributed by atoms with Crippen LogP contribution in [0.3, 0.4) is 0 Å². The van der Waals surface area contributed by atoms with Crippen molar-refractivity contribution in [3.8, 4) is 0 Å². The van der Waals surface area contributed by atoms with Crippen molar-refractivity contribution in [2.75, 3.05) is 26.4 Å². The van der Waals surface area contributed by atoms with Crippen molar-refractivity contribution in [3.63, 3.8) is 0 Å². The van der Waals surface area contributed by atoms with Crippen LogP contribution in [0.25, 0.3) is 0 Å². The molecule has 2 unspecified atom stereocenters. The number of hydrogen-bond donors (Lipinski definition) is 4. The molecule has 0 aliphatic rings. The Morgan fingerprint density at radius 1 is 0.319 bits per heavy atom. The van der Waals surface area contributed by atoms with Crippen LogP contribution in [0.2, 0.25) is 0 Å². The summed E-state index contributed by atoms with van der Waals surface area (Å²) in [6, 6.07) is 0. The smallest absolute Gasteiger partial charge is 0.111 e. The van der Waals surface area contributed by atoms with Crippen LogP contribution in [0.5, 0.6) is 0 Å². The number of aliphatic hydroxyl groups is 4. The molecule has 0 aliphatic carbocycles. The van der Waals surface area contributed by atoms with Gasteiger partial charge in [-0.2, -0.15) is 0 Å². The number of aliphatic hydroxyl groups excluding tert-OH is 2. The van der Waals surface area contributed by atoms with E-state index in [-0.39, 0.29) is 26.4 Å². The Kier molecular flexibility index (Phi) is 35.5. The van der Waals surface area contributed by atoms with E-state index in [0.717, 1.165) is 25.7 Å². The molecule has 0 aromatic heterocycles. The second-order valence-electron chi connectivity index (χ2n) is 15.4. The second kappa shape index (κ2) is 35.6. The minimum absolute atomic E-state index is 0.0104. The summed E-state index contributed by atoms with van der Waals surface area (Å²) < 4.78 is 5.68. The van der Waals surface area contributed by atoms with Crippen molar-refractivity contribution in [2.45, 2.75) is 243 Å². The SMILES string of the molecule is CCCCCCCCCCCCCCCCCCC(O)(CO)COCC(O)(CO)CCCCCCCCCCCCCCCCCC. The molecule has 2 atom stereocenters. The molecule has 47 heavy (non-hydrogen) atoms. The predicted molar refractivity (Wildman–Crippen MR) is 203 cm³/mol. The van der Waals surface area contributed by atoms with E-state index < -0.39 is 11.2 Å². The van der Waals surface area contributed by atoms with E-state index in [9.17, 15) is 20.4 Å². The molecule has 0 aliphatic heterocycles. The first-order valence-electron chi connectivity index (χ1n) is 21.2. The van der Waals surface area contributed by atoms with Crippen LogP contribution in [-0.4, -0.2) is 58.1 Å². The average Bonchev–Trinajstić information content (AvgIpc) is 3.08. The van der Waals surface area contributed by atoms with Crippen molar-refractivity contribution in [3.05, 3.63) is 0 Å². The van der Waals surface area contributed by atoms with Crippen LogP contribution in [-0.2, 0) is 4.74 Å². The van der Waals surface area contributed by atoms with Gasteiger partial charge in [0, 0.05) is 0 Å². The van der Waals surface area contributed by atoms with E-state index in [1.807, 2.05) is 0 Å². The third-order valence-corrected chi connectivity index (χ3v) is 10.3. The molecule has 5 nitrogen and oxygen atoms in total. The van der Waals surface area contributed by atoms with Gasteiger partial charge in [-0.3, -0.25) is 0 Å². The van der Waals surface area contributed by atoms with Gasteiger partial charge in [0.25, 0.3) is 0 Å². The van der Waals surface area contributed by atoms with Crippen molar-refractivity contribution >= 4 is 0 Å². The summed E-state index contributed by atoms with van der Waals surface area (Å²) in [5.41, 5.74) is -2.55. The summed E-state index contributed by atoms with van der Waals surface area (Å²) >= 11 is 0. The Labute approximate surface area is 294 Å². The fraction of sp³-hybridized carbons (Fsp3) is 1.00. The maximum Gasteiger partial charge on any atom is 0.111 e. The Balaban J connectivity index is 3.71. The normalized spacial score (nSPS) is 14.4. The molecule has 0 saturated carbocycles. The molecular weight excluding hydrogens is 584 g/mol. The molecule has 4 N–H and O–H groups in total. The molecule has 0 aromatic rings. The second-order valence-corrected chi connectivity index (χ2v) is 15.4. The first kappa shape index (κ1) is 46.8. The molecular formula is C42H86O5. The molecule has 0 amide bonds. The summed E-state index contributed by atoms with van der Waals surface area (Å²) in [6.07, 6.45) is 42.8. The lowest BCUT2D eigenvalue weighted by molar-refractivity contribution is -0.129. The van der Waals surface area contributed by atoms with Crippen molar-refractivity contribution < 1.29 is 25.2 Å². The molecule has 0 aromatic carbocycles. The lowest BCUT2D eigenvalue weighted by Gasteiger charge is -2.30. The summed E-state index contributed by atoms with van der Waals surface area (Å²) in [4.78, 5) is 0. The van der Waals surface area contributed by atoms with E-state index in [0.29, 0.717) is 12.8 Å². The summed E-state index contributed by atoms with van der Waals surface area (Å²) in [6.45, 7) is 3.84. The van der Waals surface area contributed by atoms with Crippen LogP contribution < -0.4 is 0 Å². The average molecular weight is 671 g/mol. The van der Waals surface area contributed by atoms with Crippen LogP contribution in [0.1, 0.15) is 232 Å². The molecule has 0 saturated heterocycles. The maximum atomic E-state index is 10.8. The quantitative estimate of drug-likeness (QED) is 0.0487. The van der Waals surface area contributed by atoms with Crippen LogP contribution in [0, 0.1) is 0 Å². The molecule has 284 valence electrons. The van der Waals surface area contributed by atoms with Gasteiger partial charge in [0.15, 0.2) is 0 Å². The fourth-order valence-electron chi connectivity index (χ4n) is 6.83. The minimum Gasteiger partial charge on any atom is -0.393 e. The van der Waals surface area contributed by atoms with Gasteiger partial charge < -0.3 is 25.2 Å². The number of hydrogen-bond acceptors (Lipinski definition) is 5. The molecule has 0 bridgehead atoms. The highest BCUT2D eigenvalue weighted by Crippen LogP contribution is 2.21. The monoisotopic (exact) mass is 671 g/mol. The highest BCUT2D eigenvalue weighted by Gasteiger charge is 2.30. The van der Waals surface area contributed by atoms with Gasteiger partial charge in [0.05, 0.1) is 26.4 Å². The van der Waals surface area contributed by atoms with E-state index >= 15 is 0 Å². The van der Waals surface area contributed by atoms with Crippen LogP contribution >= 0.6 is 0 Å². The predicted octanol–water partition coefficient (Wildman–Crippen LogP) is 11.8. The summed E-state index contributed by atoms with van der Waals surface area (Å²) in [7, 11) is 0. The summed E-state index contributed by atoms with van der Waals surface area (Å²) in [5.74, 6) is 0. The number of ether oxygens (including phenoxy) is 1. The van der Waals surface area contributed by atoms with E-state index in [1.165, 1.54) is 180 Å². The van der Waals surface area contributed by atoms with E-state index in [2.05, 4.69) is 13.8 Å². The molecule has 0 fully saturated rings. The lowest BCUT2D eigenvalue weighted by atomic mass is 9.95. The first-order chi connectivity index (χ1) is 22.9.